The summed E-state index contributed by atoms with van der Waals surface area (Å²) in [5.74, 6) is -0.295. The minimum absolute atomic E-state index is 0.0148. The molecule has 1 saturated heterocycles. The zero-order valence-corrected chi connectivity index (χ0v) is 22.1. The van der Waals surface area contributed by atoms with Gasteiger partial charge in [-0.3, -0.25) is 14.6 Å². The number of methoxy groups -OCH3 is 2. The number of aliphatic hydroxyl groups is 1. The molecule has 1 atom stereocenters. The van der Waals surface area contributed by atoms with Crippen molar-refractivity contribution in [1.82, 2.24) is 9.88 Å². The van der Waals surface area contributed by atoms with Gasteiger partial charge in [0.1, 0.15) is 18.1 Å². The maximum Gasteiger partial charge on any atom is 0.295 e. The molecule has 1 unspecified atom stereocenters. The molecule has 1 fully saturated rings. The normalized spacial score (nSPS) is 16.1. The predicted octanol–water partition coefficient (Wildman–Crippen LogP) is 5.30. The van der Waals surface area contributed by atoms with Crippen LogP contribution in [-0.4, -0.2) is 40.9 Å². The van der Waals surface area contributed by atoms with Crippen molar-refractivity contribution in [2.24, 2.45) is 0 Å². The van der Waals surface area contributed by atoms with E-state index in [0.717, 1.165) is 11.1 Å². The Morgan fingerprint density at radius 2 is 1.60 bits per heavy atom. The molecule has 0 aliphatic carbocycles. The molecular formula is C32H28N2O6. The van der Waals surface area contributed by atoms with Gasteiger partial charge < -0.3 is 24.2 Å². The summed E-state index contributed by atoms with van der Waals surface area (Å²) in [5, 5.41) is 11.4. The second-order valence-corrected chi connectivity index (χ2v) is 9.20. The van der Waals surface area contributed by atoms with Gasteiger partial charge >= 0.3 is 0 Å². The topological polar surface area (TPSA) is 98.2 Å². The molecule has 1 amide bonds. The lowest BCUT2D eigenvalue weighted by Crippen LogP contribution is -2.29. The fraction of sp³-hybridized carbons (Fsp3) is 0.156. The minimum atomic E-state index is -0.837. The molecule has 0 radical (unpaired) electrons. The van der Waals surface area contributed by atoms with Gasteiger partial charge in [0.25, 0.3) is 11.7 Å². The van der Waals surface area contributed by atoms with Crippen LogP contribution in [0.15, 0.2) is 103 Å². The van der Waals surface area contributed by atoms with Gasteiger partial charge in [-0.1, -0.05) is 48.5 Å². The molecule has 4 aromatic rings. The number of nitrogens with zero attached hydrogens (tertiary/aromatic N) is 2. The second-order valence-electron chi connectivity index (χ2n) is 9.20. The predicted molar refractivity (Wildman–Crippen MR) is 149 cm³/mol. The summed E-state index contributed by atoms with van der Waals surface area (Å²) >= 11 is 0. The number of hydrogen-bond acceptors (Lipinski definition) is 7. The minimum Gasteiger partial charge on any atom is -0.507 e. The fourth-order valence-electron chi connectivity index (χ4n) is 4.70. The van der Waals surface area contributed by atoms with E-state index in [1.54, 1.807) is 60.9 Å². The van der Waals surface area contributed by atoms with Crippen LogP contribution in [-0.2, 0) is 22.7 Å². The zero-order valence-electron chi connectivity index (χ0n) is 22.1. The number of benzene rings is 3. The molecule has 0 bridgehead atoms. The van der Waals surface area contributed by atoms with Crippen molar-refractivity contribution in [2.45, 2.75) is 19.2 Å². The summed E-state index contributed by atoms with van der Waals surface area (Å²) in [4.78, 5) is 32.3. The van der Waals surface area contributed by atoms with Crippen molar-refractivity contribution < 1.29 is 28.9 Å². The van der Waals surface area contributed by atoms with Gasteiger partial charge in [-0.25, -0.2) is 0 Å². The Labute approximate surface area is 232 Å². The molecule has 1 N–H and O–H groups in total. The van der Waals surface area contributed by atoms with E-state index in [-0.39, 0.29) is 17.9 Å². The SMILES string of the molecule is COc1ccc(/C(O)=C2\C(=O)C(=O)N(Cc3cccnc3)C2c2ccc(OCc3ccccc3)cc2)cc1OC. The Bertz CT molecular complexity index is 1540. The van der Waals surface area contributed by atoms with Crippen LogP contribution in [0.4, 0.5) is 0 Å². The standard InChI is InChI=1S/C32H28N2O6/c1-38-26-15-12-24(17-27(26)39-2)30(35)28-29(34(32(37)31(28)36)19-22-9-6-16-33-18-22)23-10-13-25(14-11-23)40-20-21-7-4-3-5-8-21/h3-18,29,35H,19-20H2,1-2H3/b30-28+. The molecule has 5 rings (SSSR count). The van der Waals surface area contributed by atoms with E-state index < -0.39 is 17.7 Å². The van der Waals surface area contributed by atoms with Crippen molar-refractivity contribution in [3.05, 3.63) is 125 Å². The van der Waals surface area contributed by atoms with E-state index in [1.807, 2.05) is 36.4 Å². The molecule has 1 aliphatic rings. The van der Waals surface area contributed by atoms with Gasteiger partial charge in [0.2, 0.25) is 0 Å². The molecule has 8 heteroatoms. The van der Waals surface area contributed by atoms with Crippen molar-refractivity contribution in [1.29, 1.82) is 0 Å². The molecule has 0 saturated carbocycles. The number of pyridine rings is 1. The highest BCUT2D eigenvalue weighted by molar-refractivity contribution is 6.46. The zero-order chi connectivity index (χ0) is 28.1. The van der Waals surface area contributed by atoms with Crippen LogP contribution in [0, 0.1) is 0 Å². The molecular weight excluding hydrogens is 508 g/mol. The van der Waals surface area contributed by atoms with Gasteiger partial charge in [0.15, 0.2) is 11.5 Å². The summed E-state index contributed by atoms with van der Waals surface area (Å²) in [6.45, 7) is 0.539. The van der Waals surface area contributed by atoms with Gasteiger partial charge in [-0.2, -0.15) is 0 Å². The third-order valence-electron chi connectivity index (χ3n) is 6.72. The number of Topliss-reactive ketones (excluding diaryl/α,β-unsaturated/α-hetero) is 1. The Hall–Kier alpha value is -5.11. The number of ether oxygens (including phenoxy) is 3. The highest BCUT2D eigenvalue weighted by atomic mass is 16.5. The quantitative estimate of drug-likeness (QED) is 0.176. The molecule has 40 heavy (non-hydrogen) atoms. The van der Waals surface area contributed by atoms with Gasteiger partial charge in [-0.15, -0.1) is 0 Å². The van der Waals surface area contributed by atoms with E-state index in [0.29, 0.717) is 35.0 Å². The Morgan fingerprint density at radius 1 is 0.875 bits per heavy atom. The average molecular weight is 537 g/mol. The summed E-state index contributed by atoms with van der Waals surface area (Å²) in [6.07, 6.45) is 3.28. The van der Waals surface area contributed by atoms with Crippen LogP contribution in [0.3, 0.4) is 0 Å². The first kappa shape index (κ1) is 26.5. The van der Waals surface area contributed by atoms with Crippen molar-refractivity contribution in [2.75, 3.05) is 14.2 Å². The summed E-state index contributed by atoms with van der Waals surface area (Å²) < 4.78 is 16.6. The van der Waals surface area contributed by atoms with Crippen LogP contribution in [0.1, 0.15) is 28.3 Å². The molecule has 3 aromatic carbocycles. The lowest BCUT2D eigenvalue weighted by Gasteiger charge is -2.25. The molecule has 1 aromatic heterocycles. The molecule has 2 heterocycles. The maximum absolute atomic E-state index is 13.4. The van der Waals surface area contributed by atoms with E-state index in [1.165, 1.54) is 19.1 Å². The van der Waals surface area contributed by atoms with Crippen LogP contribution >= 0.6 is 0 Å². The molecule has 202 valence electrons. The lowest BCUT2D eigenvalue weighted by atomic mass is 9.95. The first-order chi connectivity index (χ1) is 19.5. The van der Waals surface area contributed by atoms with E-state index >= 15 is 0 Å². The lowest BCUT2D eigenvalue weighted by molar-refractivity contribution is -0.140. The highest BCUT2D eigenvalue weighted by Gasteiger charge is 2.46. The number of carbonyl (C=O) groups is 2. The number of amides is 1. The number of aliphatic hydroxyl groups excluding tert-OH is 1. The maximum atomic E-state index is 13.4. The van der Waals surface area contributed by atoms with Gasteiger partial charge in [-0.05, 0) is 53.1 Å². The Balaban J connectivity index is 1.53. The van der Waals surface area contributed by atoms with Crippen molar-refractivity contribution >= 4 is 17.4 Å². The smallest absolute Gasteiger partial charge is 0.295 e. The highest BCUT2D eigenvalue weighted by Crippen LogP contribution is 2.41. The van der Waals surface area contributed by atoms with Crippen molar-refractivity contribution in [3.63, 3.8) is 0 Å². The number of aromatic nitrogens is 1. The molecule has 8 nitrogen and oxygen atoms in total. The first-order valence-corrected chi connectivity index (χ1v) is 12.7. The summed E-state index contributed by atoms with van der Waals surface area (Å²) in [7, 11) is 2.99. The van der Waals surface area contributed by atoms with E-state index in [2.05, 4.69) is 4.98 Å². The van der Waals surface area contributed by atoms with Gasteiger partial charge in [0.05, 0.1) is 25.8 Å². The number of rotatable bonds is 9. The fourth-order valence-corrected chi connectivity index (χ4v) is 4.70. The molecule has 0 spiro atoms. The third kappa shape index (κ3) is 5.37. The number of ketones is 1. The third-order valence-corrected chi connectivity index (χ3v) is 6.72. The summed E-state index contributed by atoms with van der Waals surface area (Å²) in [6, 6.07) is 24.6. The monoisotopic (exact) mass is 536 g/mol. The van der Waals surface area contributed by atoms with E-state index in [9.17, 15) is 14.7 Å². The number of hydrogen-bond donors (Lipinski definition) is 1. The summed E-state index contributed by atoms with van der Waals surface area (Å²) in [5.41, 5.74) is 2.75. The average Bonchev–Trinajstić information content (AvgIpc) is 3.25. The number of likely N-dealkylation sites (tertiary alicyclic amines) is 1. The second kappa shape index (κ2) is 11.7. The van der Waals surface area contributed by atoms with Crippen molar-refractivity contribution in [3.8, 4) is 17.2 Å². The largest absolute Gasteiger partial charge is 0.507 e. The van der Waals surface area contributed by atoms with Crippen LogP contribution in [0.25, 0.3) is 5.76 Å². The molecule has 1 aliphatic heterocycles. The van der Waals surface area contributed by atoms with Crippen LogP contribution < -0.4 is 14.2 Å². The number of carbonyl (C=O) groups excluding carboxylic acids is 2. The first-order valence-electron chi connectivity index (χ1n) is 12.7. The van der Waals surface area contributed by atoms with Gasteiger partial charge in [0, 0.05) is 24.5 Å². The van der Waals surface area contributed by atoms with Crippen LogP contribution in [0.5, 0.6) is 17.2 Å². The Morgan fingerprint density at radius 3 is 2.27 bits per heavy atom. The van der Waals surface area contributed by atoms with E-state index in [4.69, 9.17) is 14.2 Å². The van der Waals surface area contributed by atoms with Crippen LogP contribution in [0.2, 0.25) is 0 Å². The Kier molecular flexibility index (Phi) is 7.77.